The summed E-state index contributed by atoms with van der Waals surface area (Å²) < 4.78 is 1.56. The molecule has 2 aromatic rings. The van der Waals surface area contributed by atoms with Crippen LogP contribution in [0.5, 0.6) is 0 Å². The zero-order chi connectivity index (χ0) is 9.71. The average molecular weight is 188 g/mol. The van der Waals surface area contributed by atoms with Crippen LogP contribution in [0.25, 0.3) is 11.0 Å². The molecule has 2 heterocycles. The predicted molar refractivity (Wildman–Crippen MR) is 52.5 cm³/mol. The molecule has 1 aliphatic rings. The second-order valence-corrected chi connectivity index (χ2v) is 3.47. The van der Waals surface area contributed by atoms with E-state index in [1.807, 2.05) is 18.2 Å². The van der Waals surface area contributed by atoms with Gasteiger partial charge in [-0.05, 0) is 18.1 Å². The molecule has 4 nitrogen and oxygen atoms in total. The van der Waals surface area contributed by atoms with Gasteiger partial charge in [-0.3, -0.25) is 9.59 Å². The van der Waals surface area contributed by atoms with Crippen molar-refractivity contribution in [1.29, 1.82) is 0 Å². The van der Waals surface area contributed by atoms with E-state index in [-0.39, 0.29) is 0 Å². The highest BCUT2D eigenvalue weighted by Crippen LogP contribution is 2.20. The Kier molecular flexibility index (Phi) is 1.27. The molecular weight excluding hydrogens is 180 g/mol. The zero-order valence-corrected chi connectivity index (χ0v) is 7.41. The Labute approximate surface area is 78.8 Å². The SMILES string of the molecule is O=c1[nH]c2cccc3c2n(c1=O)CC3. The summed E-state index contributed by atoms with van der Waals surface area (Å²) in [5, 5.41) is 0. The fourth-order valence-corrected chi connectivity index (χ4v) is 2.06. The highest BCUT2D eigenvalue weighted by Gasteiger charge is 2.16. The summed E-state index contributed by atoms with van der Waals surface area (Å²) >= 11 is 0. The molecule has 1 aromatic carbocycles. The van der Waals surface area contributed by atoms with Crippen LogP contribution in [-0.4, -0.2) is 9.55 Å². The Morgan fingerprint density at radius 1 is 1.29 bits per heavy atom. The normalized spacial score (nSPS) is 13.7. The van der Waals surface area contributed by atoms with Crippen LogP contribution in [0, 0.1) is 0 Å². The largest absolute Gasteiger partial charge is 0.316 e. The first kappa shape index (κ1) is 7.55. The second kappa shape index (κ2) is 2.35. The molecule has 1 aliphatic heterocycles. The minimum absolute atomic E-state index is 0.442. The van der Waals surface area contributed by atoms with E-state index in [0.29, 0.717) is 6.54 Å². The molecule has 1 aromatic heterocycles. The van der Waals surface area contributed by atoms with Crippen molar-refractivity contribution in [2.24, 2.45) is 0 Å². The Balaban J connectivity index is 2.69. The molecule has 0 amide bonds. The van der Waals surface area contributed by atoms with Crippen LogP contribution in [0.4, 0.5) is 0 Å². The monoisotopic (exact) mass is 188 g/mol. The summed E-state index contributed by atoms with van der Waals surface area (Å²) in [7, 11) is 0. The van der Waals surface area contributed by atoms with Gasteiger partial charge in [-0.25, -0.2) is 0 Å². The van der Waals surface area contributed by atoms with Gasteiger partial charge in [0.15, 0.2) is 0 Å². The number of para-hydroxylation sites is 1. The van der Waals surface area contributed by atoms with Gasteiger partial charge in [-0.2, -0.15) is 0 Å². The van der Waals surface area contributed by atoms with Crippen molar-refractivity contribution < 1.29 is 0 Å². The number of aromatic nitrogens is 2. The van der Waals surface area contributed by atoms with Gasteiger partial charge in [0.2, 0.25) is 0 Å². The van der Waals surface area contributed by atoms with Gasteiger partial charge < -0.3 is 9.55 Å². The molecule has 14 heavy (non-hydrogen) atoms. The van der Waals surface area contributed by atoms with E-state index in [2.05, 4.69) is 4.98 Å². The van der Waals surface area contributed by atoms with Crippen molar-refractivity contribution in [3.05, 3.63) is 44.5 Å². The molecule has 1 N–H and O–H groups in total. The first-order valence-electron chi connectivity index (χ1n) is 4.52. The summed E-state index contributed by atoms with van der Waals surface area (Å²) in [6.45, 7) is 0.624. The van der Waals surface area contributed by atoms with E-state index in [0.717, 1.165) is 23.0 Å². The predicted octanol–water partition coefficient (Wildman–Crippen LogP) is 0.246. The Bertz CT molecular complexity index is 637. The van der Waals surface area contributed by atoms with E-state index in [9.17, 15) is 9.59 Å². The average Bonchev–Trinajstić information content (AvgIpc) is 2.60. The fraction of sp³-hybridized carbons (Fsp3) is 0.200. The van der Waals surface area contributed by atoms with Crippen LogP contribution in [0.2, 0.25) is 0 Å². The minimum Gasteiger partial charge on any atom is -0.316 e. The molecule has 4 heteroatoms. The lowest BCUT2D eigenvalue weighted by atomic mass is 10.1. The van der Waals surface area contributed by atoms with Gasteiger partial charge in [0.1, 0.15) is 0 Å². The lowest BCUT2D eigenvalue weighted by Crippen LogP contribution is -2.35. The lowest BCUT2D eigenvalue weighted by molar-refractivity contribution is 0.730. The maximum atomic E-state index is 11.5. The van der Waals surface area contributed by atoms with Gasteiger partial charge in [-0.15, -0.1) is 0 Å². The van der Waals surface area contributed by atoms with E-state index < -0.39 is 11.1 Å². The van der Waals surface area contributed by atoms with Gasteiger partial charge >= 0.3 is 11.1 Å². The third-order valence-corrected chi connectivity index (χ3v) is 2.68. The molecule has 0 spiro atoms. The van der Waals surface area contributed by atoms with E-state index in [4.69, 9.17) is 0 Å². The minimum atomic E-state index is -0.531. The zero-order valence-electron chi connectivity index (χ0n) is 7.41. The van der Waals surface area contributed by atoms with Crippen molar-refractivity contribution in [2.75, 3.05) is 0 Å². The van der Waals surface area contributed by atoms with Crippen LogP contribution in [-0.2, 0) is 13.0 Å². The van der Waals surface area contributed by atoms with Crippen molar-refractivity contribution in [1.82, 2.24) is 9.55 Å². The van der Waals surface area contributed by atoms with Crippen molar-refractivity contribution in [3.63, 3.8) is 0 Å². The van der Waals surface area contributed by atoms with Crippen molar-refractivity contribution in [3.8, 4) is 0 Å². The standard InChI is InChI=1S/C10H8N2O2/c13-9-10(14)12-5-4-6-2-1-3-7(11-9)8(6)12/h1-3H,4-5H2,(H,11,13). The maximum Gasteiger partial charge on any atom is 0.316 e. The second-order valence-electron chi connectivity index (χ2n) is 3.47. The molecule has 3 rings (SSSR count). The highest BCUT2D eigenvalue weighted by atomic mass is 16.2. The molecule has 0 saturated carbocycles. The van der Waals surface area contributed by atoms with Crippen LogP contribution in [0.1, 0.15) is 5.56 Å². The lowest BCUT2D eigenvalue weighted by Gasteiger charge is -2.01. The third kappa shape index (κ3) is 0.775. The molecule has 0 unspecified atom stereocenters. The number of rotatable bonds is 0. The quantitative estimate of drug-likeness (QED) is 0.602. The number of H-pyrrole nitrogens is 1. The van der Waals surface area contributed by atoms with Crippen LogP contribution < -0.4 is 11.1 Å². The Morgan fingerprint density at radius 3 is 3.00 bits per heavy atom. The molecule has 0 bridgehead atoms. The molecule has 0 radical (unpaired) electrons. The number of nitrogens with one attached hydrogen (secondary N) is 1. The van der Waals surface area contributed by atoms with Gasteiger partial charge in [0.25, 0.3) is 0 Å². The fourth-order valence-electron chi connectivity index (χ4n) is 2.06. The van der Waals surface area contributed by atoms with Gasteiger partial charge in [0.05, 0.1) is 11.0 Å². The first-order valence-corrected chi connectivity index (χ1v) is 4.52. The van der Waals surface area contributed by atoms with Gasteiger partial charge in [-0.1, -0.05) is 12.1 Å². The number of aromatic amines is 1. The highest BCUT2D eigenvalue weighted by molar-refractivity contribution is 5.79. The number of aryl methyl sites for hydroxylation is 2. The van der Waals surface area contributed by atoms with Crippen LogP contribution in [0.15, 0.2) is 27.8 Å². The van der Waals surface area contributed by atoms with Crippen molar-refractivity contribution in [2.45, 2.75) is 13.0 Å². The summed E-state index contributed by atoms with van der Waals surface area (Å²) in [6, 6.07) is 5.71. The number of benzene rings is 1. The van der Waals surface area contributed by atoms with Crippen molar-refractivity contribution >= 4 is 11.0 Å². The smallest absolute Gasteiger partial charge is 0.316 e. The van der Waals surface area contributed by atoms with E-state index in [1.54, 1.807) is 4.57 Å². The molecule has 0 atom stereocenters. The molecule has 0 aliphatic carbocycles. The molecule has 0 fully saturated rings. The molecular formula is C10H8N2O2. The topological polar surface area (TPSA) is 54.9 Å². The Hall–Kier alpha value is -1.84. The summed E-state index contributed by atoms with van der Waals surface area (Å²) in [5.74, 6) is 0. The summed E-state index contributed by atoms with van der Waals surface area (Å²) in [4.78, 5) is 25.3. The summed E-state index contributed by atoms with van der Waals surface area (Å²) in [6.07, 6.45) is 0.837. The van der Waals surface area contributed by atoms with E-state index in [1.165, 1.54) is 0 Å². The maximum absolute atomic E-state index is 11.5. The Morgan fingerprint density at radius 2 is 2.14 bits per heavy atom. The first-order chi connectivity index (χ1) is 6.77. The van der Waals surface area contributed by atoms with Crippen LogP contribution >= 0.6 is 0 Å². The third-order valence-electron chi connectivity index (χ3n) is 2.68. The molecule has 70 valence electrons. The van der Waals surface area contributed by atoms with E-state index >= 15 is 0 Å². The number of hydrogen-bond acceptors (Lipinski definition) is 2. The molecule has 0 saturated heterocycles. The van der Waals surface area contributed by atoms with Crippen LogP contribution in [0.3, 0.4) is 0 Å². The summed E-state index contributed by atoms with van der Waals surface area (Å²) in [5.41, 5.74) is 1.80. The van der Waals surface area contributed by atoms with Gasteiger partial charge in [0, 0.05) is 6.54 Å². The number of hydrogen-bond donors (Lipinski definition) is 1. The number of nitrogens with zero attached hydrogens (tertiary/aromatic N) is 1.